The quantitative estimate of drug-likeness (QED) is 0.601. The number of carbonyl (C=O) groups excluding carboxylic acids is 1. The maximum absolute atomic E-state index is 11.5. The molecule has 0 fully saturated rings. The molecule has 15 heavy (non-hydrogen) atoms. The van der Waals surface area contributed by atoms with Crippen molar-refractivity contribution in [2.24, 2.45) is 0 Å². The number of hydrogen-bond donors (Lipinski definition) is 1. The van der Waals surface area contributed by atoms with Crippen LogP contribution in [0.15, 0.2) is 0 Å². The third-order valence-electron chi connectivity index (χ3n) is 1.54. The Labute approximate surface area is 96.1 Å². The van der Waals surface area contributed by atoms with Gasteiger partial charge < -0.3 is 14.2 Å². The van der Waals surface area contributed by atoms with Crippen LogP contribution < -0.4 is 0 Å². The van der Waals surface area contributed by atoms with E-state index in [1.165, 1.54) is 6.92 Å². The van der Waals surface area contributed by atoms with Crippen molar-refractivity contribution < 1.29 is 18.9 Å². The minimum Gasteiger partial charge on any atom is -0.462 e. The molecule has 6 heteroatoms. The van der Waals surface area contributed by atoms with Crippen LogP contribution in [0.1, 0.15) is 34.6 Å². The number of ether oxygens (including phenoxy) is 1. The monoisotopic (exact) mass is 254 g/mol. The molecule has 0 saturated carbocycles. The molecule has 1 N–H and O–H groups in total. The Kier molecular flexibility index (Phi) is 5.96. The third kappa shape index (κ3) is 5.61. The maximum atomic E-state index is 11.5. The lowest BCUT2D eigenvalue weighted by molar-refractivity contribution is -0.146. The molecule has 0 aliphatic rings. The number of rotatable bonds is 5. The summed E-state index contributed by atoms with van der Waals surface area (Å²) in [5.74, 6) is -0.503. The Morgan fingerprint density at radius 3 is 2.00 bits per heavy atom. The first-order valence-electron chi connectivity index (χ1n) is 4.88. The Morgan fingerprint density at radius 1 is 1.20 bits per heavy atom. The summed E-state index contributed by atoms with van der Waals surface area (Å²) in [7, 11) is 0. The van der Waals surface area contributed by atoms with Crippen LogP contribution in [0.25, 0.3) is 0 Å². The van der Waals surface area contributed by atoms with Gasteiger partial charge in [-0.25, -0.2) is 0 Å². The van der Waals surface area contributed by atoms with Gasteiger partial charge in [0, 0.05) is 0 Å². The fraction of sp³-hybridized carbons (Fsp3) is 0.889. The summed E-state index contributed by atoms with van der Waals surface area (Å²) in [5, 5.41) is 0. The van der Waals surface area contributed by atoms with Gasteiger partial charge in [-0.3, -0.25) is 4.79 Å². The second-order valence-corrected chi connectivity index (χ2v) is 7.56. The molecule has 2 atom stereocenters. The molecular formula is C9H19O4PS. The van der Waals surface area contributed by atoms with E-state index < -0.39 is 18.1 Å². The summed E-state index contributed by atoms with van der Waals surface area (Å²) in [5.41, 5.74) is -0.780. The Morgan fingerprint density at radius 2 is 1.67 bits per heavy atom. The molecule has 0 aromatic heterocycles. The highest BCUT2D eigenvalue weighted by Crippen LogP contribution is 2.49. The fourth-order valence-electron chi connectivity index (χ4n) is 0.857. The Hall–Kier alpha value is 0.0400. The van der Waals surface area contributed by atoms with E-state index in [0.717, 1.165) is 0 Å². The highest BCUT2D eigenvalue weighted by Gasteiger charge is 2.32. The van der Waals surface area contributed by atoms with Crippen molar-refractivity contribution in [2.45, 2.75) is 52.5 Å². The molecular weight excluding hydrogens is 235 g/mol. The van der Waals surface area contributed by atoms with E-state index in [0.29, 0.717) is 0 Å². The first kappa shape index (κ1) is 15.0. The molecule has 0 rings (SSSR count). The van der Waals surface area contributed by atoms with E-state index in [1.54, 1.807) is 27.7 Å². The summed E-state index contributed by atoms with van der Waals surface area (Å²) < 4.78 is 10.1. The Balaban J connectivity index is 4.48. The van der Waals surface area contributed by atoms with E-state index in [1.807, 2.05) is 0 Å². The minimum absolute atomic E-state index is 0.199. The minimum atomic E-state index is -3.09. The lowest BCUT2D eigenvalue weighted by atomic mass is 10.4. The van der Waals surface area contributed by atoms with Crippen molar-refractivity contribution in [3.8, 4) is 0 Å². The van der Waals surface area contributed by atoms with E-state index in [-0.39, 0.29) is 12.2 Å². The van der Waals surface area contributed by atoms with Crippen LogP contribution in [0, 0.1) is 0 Å². The van der Waals surface area contributed by atoms with Gasteiger partial charge in [-0.15, -0.1) is 0 Å². The van der Waals surface area contributed by atoms with Crippen LogP contribution in [0.5, 0.6) is 0 Å². The van der Waals surface area contributed by atoms with Gasteiger partial charge in [0.25, 0.3) is 0 Å². The average Bonchev–Trinajstić information content (AvgIpc) is 1.98. The molecule has 0 saturated heterocycles. The molecule has 0 aliphatic heterocycles. The van der Waals surface area contributed by atoms with Gasteiger partial charge in [0.2, 0.25) is 0 Å². The van der Waals surface area contributed by atoms with Gasteiger partial charge in [0.1, 0.15) is 5.66 Å². The molecule has 4 nitrogen and oxygen atoms in total. The van der Waals surface area contributed by atoms with E-state index in [9.17, 15) is 9.69 Å². The lowest BCUT2D eigenvalue weighted by Gasteiger charge is -2.24. The molecule has 0 aromatic rings. The van der Waals surface area contributed by atoms with Gasteiger partial charge in [-0.05, 0) is 46.4 Å². The summed E-state index contributed by atoms with van der Waals surface area (Å²) in [6.07, 6.45) is -0.413. The van der Waals surface area contributed by atoms with Crippen molar-refractivity contribution in [3.63, 3.8) is 0 Å². The standard InChI is InChI=1S/C9H19O4PS/c1-6(2)12-9(10)8(5)14(11,15)13-7(3)4/h6-8H,1-5H3,(H,11,15). The smallest absolute Gasteiger partial charge is 0.318 e. The zero-order valence-electron chi connectivity index (χ0n) is 9.76. The van der Waals surface area contributed by atoms with Crippen molar-refractivity contribution in [3.05, 3.63) is 0 Å². The highest BCUT2D eigenvalue weighted by atomic mass is 32.5. The molecule has 0 aromatic carbocycles. The average molecular weight is 254 g/mol. The molecule has 0 amide bonds. The number of hydrogen-bond acceptors (Lipinski definition) is 4. The molecule has 0 heterocycles. The van der Waals surface area contributed by atoms with E-state index >= 15 is 0 Å². The van der Waals surface area contributed by atoms with Gasteiger partial charge in [0.05, 0.1) is 12.2 Å². The predicted molar refractivity (Wildman–Crippen MR) is 63.4 cm³/mol. The maximum Gasteiger partial charge on any atom is 0.318 e. The van der Waals surface area contributed by atoms with Crippen LogP contribution in [-0.4, -0.2) is 28.7 Å². The van der Waals surface area contributed by atoms with Gasteiger partial charge in [-0.2, -0.15) is 0 Å². The van der Waals surface area contributed by atoms with Crippen LogP contribution in [0.4, 0.5) is 0 Å². The third-order valence-corrected chi connectivity index (χ3v) is 4.66. The van der Waals surface area contributed by atoms with E-state index in [4.69, 9.17) is 21.1 Å². The lowest BCUT2D eigenvalue weighted by Crippen LogP contribution is -2.25. The molecule has 2 unspecified atom stereocenters. The second-order valence-electron chi connectivity index (χ2n) is 3.88. The number of carbonyl (C=O) groups is 1. The summed E-state index contributed by atoms with van der Waals surface area (Å²) >= 11 is 4.91. The predicted octanol–water partition coefficient (Wildman–Crippen LogP) is 2.05. The normalized spacial score (nSPS) is 17.6. The molecule has 0 radical (unpaired) electrons. The van der Waals surface area contributed by atoms with Crippen LogP contribution in [0.3, 0.4) is 0 Å². The molecule has 0 spiro atoms. The summed E-state index contributed by atoms with van der Waals surface area (Å²) in [4.78, 5) is 21.3. The fourth-order valence-corrected chi connectivity index (χ4v) is 2.75. The van der Waals surface area contributed by atoms with Crippen molar-refractivity contribution in [2.75, 3.05) is 0 Å². The SMILES string of the molecule is CC(C)OC(=O)C(C)P(O)(=S)OC(C)C. The van der Waals surface area contributed by atoms with Crippen molar-refractivity contribution >= 4 is 24.3 Å². The van der Waals surface area contributed by atoms with E-state index in [2.05, 4.69) is 0 Å². The largest absolute Gasteiger partial charge is 0.462 e. The summed E-state index contributed by atoms with van der Waals surface area (Å²) in [6.45, 7) is 5.46. The molecule has 90 valence electrons. The van der Waals surface area contributed by atoms with Gasteiger partial charge >= 0.3 is 5.97 Å². The van der Waals surface area contributed by atoms with Gasteiger partial charge in [0.15, 0.2) is 6.49 Å². The topological polar surface area (TPSA) is 55.8 Å². The zero-order chi connectivity index (χ0) is 12.2. The molecule has 0 aliphatic carbocycles. The number of esters is 1. The first-order valence-corrected chi connectivity index (χ1v) is 7.62. The summed E-state index contributed by atoms with van der Waals surface area (Å²) in [6, 6.07) is 0. The first-order chi connectivity index (χ1) is 6.66. The zero-order valence-corrected chi connectivity index (χ0v) is 11.5. The van der Waals surface area contributed by atoms with Crippen molar-refractivity contribution in [1.29, 1.82) is 0 Å². The van der Waals surface area contributed by atoms with Gasteiger partial charge in [-0.1, -0.05) is 0 Å². The second kappa shape index (κ2) is 5.94. The Bertz CT molecular complexity index is 265. The van der Waals surface area contributed by atoms with Crippen LogP contribution in [-0.2, 0) is 25.9 Å². The van der Waals surface area contributed by atoms with Crippen LogP contribution in [0.2, 0.25) is 0 Å². The highest BCUT2D eigenvalue weighted by molar-refractivity contribution is 8.10. The van der Waals surface area contributed by atoms with Crippen molar-refractivity contribution in [1.82, 2.24) is 0 Å². The van der Waals surface area contributed by atoms with Crippen LogP contribution >= 0.6 is 6.49 Å². The molecule has 0 bridgehead atoms.